The molecular formula is C25H23F4N3O3S. The Bertz CT molecular complexity index is 1460. The Morgan fingerprint density at radius 2 is 1.75 bits per heavy atom. The number of carbonyl (C=O) groups excluding carboxylic acids is 1. The highest BCUT2D eigenvalue weighted by molar-refractivity contribution is 7.92. The molecule has 1 atom stereocenters. The summed E-state index contributed by atoms with van der Waals surface area (Å²) in [5.41, 5.74) is 0.408. The number of pyridine rings is 1. The maximum absolute atomic E-state index is 13.6. The van der Waals surface area contributed by atoms with Gasteiger partial charge in [-0.25, -0.2) is 31.0 Å². The van der Waals surface area contributed by atoms with Crippen molar-refractivity contribution < 1.29 is 30.8 Å². The number of nitrogens with zero attached hydrogens (tertiary/aromatic N) is 2. The summed E-state index contributed by atoms with van der Waals surface area (Å²) >= 11 is 0. The Kier molecular flexibility index (Phi) is 6.54. The standard InChI is InChI=1S/C25H23F4N3O3S/c1-24(26,27)17-4-3-5-20(12-17)36(34,35)19-9-6-16(7-10-19)13-30-23(33)21-15-32-14-18(25(2,28)29)8-11-22(32)31-21/h3-4,6-12,14-15,20H,5,13H2,1-2H3,(H,30,33). The van der Waals surface area contributed by atoms with Gasteiger partial charge in [-0.1, -0.05) is 30.4 Å². The van der Waals surface area contributed by atoms with Crippen LogP contribution in [0.2, 0.25) is 0 Å². The molecule has 0 bridgehead atoms. The minimum Gasteiger partial charge on any atom is -0.347 e. The van der Waals surface area contributed by atoms with Crippen molar-refractivity contribution in [3.05, 3.63) is 89.4 Å². The minimum absolute atomic E-state index is 0.0169. The molecule has 1 amide bonds. The van der Waals surface area contributed by atoms with Crippen LogP contribution in [-0.2, 0) is 22.3 Å². The number of nitrogens with one attached hydrogen (secondary N) is 1. The summed E-state index contributed by atoms with van der Waals surface area (Å²) in [4.78, 5) is 16.6. The molecule has 6 nitrogen and oxygen atoms in total. The second-order valence-electron chi connectivity index (χ2n) is 8.76. The van der Waals surface area contributed by atoms with Crippen LogP contribution in [0.25, 0.3) is 5.65 Å². The first-order valence-electron chi connectivity index (χ1n) is 11.0. The van der Waals surface area contributed by atoms with Crippen LogP contribution in [0.1, 0.15) is 41.9 Å². The van der Waals surface area contributed by atoms with E-state index in [9.17, 15) is 30.8 Å². The third-order valence-electron chi connectivity index (χ3n) is 5.83. The number of aromatic nitrogens is 2. The summed E-state index contributed by atoms with van der Waals surface area (Å²) in [6.07, 6.45) is 6.39. The zero-order valence-electron chi connectivity index (χ0n) is 19.4. The van der Waals surface area contributed by atoms with Gasteiger partial charge in [0, 0.05) is 43.9 Å². The molecule has 0 aliphatic heterocycles. The van der Waals surface area contributed by atoms with E-state index in [0.29, 0.717) is 18.1 Å². The molecule has 1 N–H and O–H groups in total. The van der Waals surface area contributed by atoms with Crippen molar-refractivity contribution >= 4 is 21.4 Å². The minimum atomic E-state index is -3.89. The van der Waals surface area contributed by atoms with Crippen molar-refractivity contribution in [2.45, 2.75) is 48.8 Å². The van der Waals surface area contributed by atoms with Gasteiger partial charge in [0.1, 0.15) is 11.3 Å². The van der Waals surface area contributed by atoms with Gasteiger partial charge in [0.15, 0.2) is 9.84 Å². The normalized spacial score (nSPS) is 16.7. The van der Waals surface area contributed by atoms with Crippen LogP contribution in [-0.4, -0.2) is 34.9 Å². The van der Waals surface area contributed by atoms with Gasteiger partial charge in [0.25, 0.3) is 17.8 Å². The molecule has 0 radical (unpaired) electrons. The first-order valence-corrected chi connectivity index (χ1v) is 12.5. The van der Waals surface area contributed by atoms with Crippen molar-refractivity contribution in [3.8, 4) is 0 Å². The number of imidazole rings is 1. The number of hydrogen-bond donors (Lipinski definition) is 1. The second kappa shape index (κ2) is 9.20. The van der Waals surface area contributed by atoms with Crippen LogP contribution in [0, 0.1) is 0 Å². The summed E-state index contributed by atoms with van der Waals surface area (Å²) < 4.78 is 81.6. The van der Waals surface area contributed by atoms with Crippen LogP contribution in [0.3, 0.4) is 0 Å². The summed E-state index contributed by atoms with van der Waals surface area (Å²) in [6, 6.07) is 8.40. The molecule has 0 saturated carbocycles. The Balaban J connectivity index is 1.43. The highest BCUT2D eigenvalue weighted by atomic mass is 32.2. The number of hydrogen-bond acceptors (Lipinski definition) is 4. The van der Waals surface area contributed by atoms with Crippen molar-refractivity contribution in [1.29, 1.82) is 0 Å². The summed E-state index contributed by atoms with van der Waals surface area (Å²) in [7, 11) is -3.89. The van der Waals surface area contributed by atoms with Crippen LogP contribution in [0.15, 0.2) is 77.5 Å². The summed E-state index contributed by atoms with van der Waals surface area (Å²) in [6.45, 7) is 1.55. The molecule has 2 aromatic heterocycles. The van der Waals surface area contributed by atoms with Gasteiger partial charge in [-0.05, 0) is 36.2 Å². The number of amides is 1. The van der Waals surface area contributed by atoms with E-state index in [1.165, 1.54) is 65.3 Å². The molecule has 0 fully saturated rings. The molecule has 36 heavy (non-hydrogen) atoms. The fourth-order valence-electron chi connectivity index (χ4n) is 3.77. The van der Waals surface area contributed by atoms with Crippen LogP contribution < -0.4 is 5.32 Å². The summed E-state index contributed by atoms with van der Waals surface area (Å²) in [5, 5.41) is 1.55. The van der Waals surface area contributed by atoms with Crippen molar-refractivity contribution in [3.63, 3.8) is 0 Å². The predicted octanol–water partition coefficient (Wildman–Crippen LogP) is 5.06. The number of sulfone groups is 1. The fraction of sp³-hybridized carbons (Fsp3) is 0.280. The lowest BCUT2D eigenvalue weighted by atomic mass is 10.0. The number of carbonyl (C=O) groups is 1. The molecule has 11 heteroatoms. The van der Waals surface area contributed by atoms with E-state index in [2.05, 4.69) is 10.3 Å². The van der Waals surface area contributed by atoms with E-state index in [0.717, 1.165) is 13.0 Å². The fourth-order valence-corrected chi connectivity index (χ4v) is 5.32. The van der Waals surface area contributed by atoms with E-state index in [1.807, 2.05) is 0 Å². The molecule has 1 aromatic carbocycles. The number of halogens is 4. The average Bonchev–Trinajstić information content (AvgIpc) is 3.25. The quantitative estimate of drug-likeness (QED) is 0.441. The lowest BCUT2D eigenvalue weighted by molar-refractivity contribution is 0.0170. The third-order valence-corrected chi connectivity index (χ3v) is 7.89. The number of rotatable bonds is 7. The monoisotopic (exact) mass is 521 g/mol. The maximum Gasteiger partial charge on any atom is 0.271 e. The van der Waals surface area contributed by atoms with Crippen molar-refractivity contribution in [1.82, 2.24) is 14.7 Å². The highest BCUT2D eigenvalue weighted by Crippen LogP contribution is 2.31. The van der Waals surface area contributed by atoms with Crippen molar-refractivity contribution in [2.75, 3.05) is 0 Å². The van der Waals surface area contributed by atoms with Crippen LogP contribution >= 0.6 is 0 Å². The van der Waals surface area contributed by atoms with E-state index < -0.39 is 32.8 Å². The lowest BCUT2D eigenvalue weighted by Crippen LogP contribution is -2.25. The van der Waals surface area contributed by atoms with Gasteiger partial charge in [0.05, 0.1) is 10.1 Å². The Morgan fingerprint density at radius 1 is 1.06 bits per heavy atom. The second-order valence-corrected chi connectivity index (χ2v) is 10.9. The predicted molar refractivity (Wildman–Crippen MR) is 126 cm³/mol. The zero-order valence-corrected chi connectivity index (χ0v) is 20.2. The van der Waals surface area contributed by atoms with Gasteiger partial charge in [-0.15, -0.1) is 0 Å². The SMILES string of the molecule is CC(F)(F)C1=CC(S(=O)(=O)c2ccc(CNC(=O)c3cn4cc(C(C)(F)F)ccc4n3)cc2)CC=C1. The molecule has 0 saturated heterocycles. The first kappa shape index (κ1) is 25.6. The third kappa shape index (κ3) is 5.35. The molecular weight excluding hydrogens is 498 g/mol. The number of alkyl halides is 4. The smallest absolute Gasteiger partial charge is 0.271 e. The first-order chi connectivity index (χ1) is 16.7. The van der Waals surface area contributed by atoms with E-state index in [4.69, 9.17) is 0 Å². The van der Waals surface area contributed by atoms with Gasteiger partial charge in [-0.3, -0.25) is 4.79 Å². The lowest BCUT2D eigenvalue weighted by Gasteiger charge is -2.20. The molecule has 1 aliphatic rings. The van der Waals surface area contributed by atoms with Gasteiger partial charge in [0.2, 0.25) is 0 Å². The van der Waals surface area contributed by atoms with Gasteiger partial charge >= 0.3 is 0 Å². The van der Waals surface area contributed by atoms with E-state index in [-0.39, 0.29) is 34.7 Å². The highest BCUT2D eigenvalue weighted by Gasteiger charge is 2.33. The molecule has 3 aromatic rings. The Hall–Kier alpha value is -3.47. The summed E-state index contributed by atoms with van der Waals surface area (Å²) in [5.74, 6) is -6.71. The molecule has 1 aliphatic carbocycles. The molecule has 190 valence electrons. The topological polar surface area (TPSA) is 80.5 Å². The van der Waals surface area contributed by atoms with Gasteiger partial charge in [-0.2, -0.15) is 0 Å². The molecule has 2 heterocycles. The van der Waals surface area contributed by atoms with Crippen LogP contribution in [0.5, 0.6) is 0 Å². The maximum atomic E-state index is 13.6. The zero-order chi connectivity index (χ0) is 26.3. The Labute approximate surface area is 205 Å². The molecule has 0 spiro atoms. The van der Waals surface area contributed by atoms with E-state index >= 15 is 0 Å². The van der Waals surface area contributed by atoms with Crippen LogP contribution in [0.4, 0.5) is 17.6 Å². The Morgan fingerprint density at radius 3 is 2.39 bits per heavy atom. The van der Waals surface area contributed by atoms with Gasteiger partial charge < -0.3 is 9.72 Å². The number of benzene rings is 1. The molecule has 4 rings (SSSR count). The average molecular weight is 522 g/mol. The van der Waals surface area contributed by atoms with E-state index in [1.54, 1.807) is 0 Å². The number of allylic oxidation sites excluding steroid dienone is 3. The van der Waals surface area contributed by atoms with Crippen molar-refractivity contribution in [2.24, 2.45) is 0 Å². The number of fused-ring (bicyclic) bond motifs is 1. The molecule has 1 unspecified atom stereocenters. The largest absolute Gasteiger partial charge is 0.347 e.